The van der Waals surface area contributed by atoms with Crippen LogP contribution in [-0.2, 0) is 15.3 Å². The Morgan fingerprint density at radius 3 is 2.16 bits per heavy atom. The van der Waals surface area contributed by atoms with Crippen LogP contribution < -0.4 is 9.80 Å². The van der Waals surface area contributed by atoms with E-state index in [9.17, 15) is 9.59 Å². The fourth-order valence-corrected chi connectivity index (χ4v) is 4.90. The number of hydrogen-bond acceptors (Lipinski definition) is 4. The van der Waals surface area contributed by atoms with E-state index in [-0.39, 0.29) is 11.8 Å². The summed E-state index contributed by atoms with van der Waals surface area (Å²) in [5.41, 5.74) is 6.13. The van der Waals surface area contributed by atoms with Gasteiger partial charge in [-0.3, -0.25) is 9.59 Å². The van der Waals surface area contributed by atoms with E-state index in [1.165, 1.54) is 16.7 Å². The van der Waals surface area contributed by atoms with Crippen LogP contribution in [-0.4, -0.2) is 25.9 Å². The number of rotatable bonds is 6. The first-order chi connectivity index (χ1) is 15.4. The summed E-state index contributed by atoms with van der Waals surface area (Å²) in [6.07, 6.45) is 0. The minimum absolute atomic E-state index is 0.261. The SMILES string of the molecule is Cc1ccc(C2=C(SCc3ccccc3)C(=O)N(c3ccc(N(C)C)cc3)C2=O)c(C)c1. The van der Waals surface area contributed by atoms with E-state index in [1.54, 1.807) is 0 Å². The number of thioether (sulfide) groups is 1. The molecule has 0 aromatic heterocycles. The summed E-state index contributed by atoms with van der Waals surface area (Å²) in [6, 6.07) is 23.5. The molecule has 0 N–H and O–H groups in total. The zero-order valence-corrected chi connectivity index (χ0v) is 19.6. The fourth-order valence-electron chi connectivity index (χ4n) is 3.84. The predicted octanol–water partition coefficient (Wildman–Crippen LogP) is 5.59. The molecule has 0 saturated heterocycles. The molecule has 0 unspecified atom stereocenters. The van der Waals surface area contributed by atoms with E-state index in [1.807, 2.05) is 106 Å². The van der Waals surface area contributed by atoms with E-state index < -0.39 is 0 Å². The van der Waals surface area contributed by atoms with Gasteiger partial charge in [0.2, 0.25) is 0 Å². The molecule has 0 fully saturated rings. The third-order valence-corrected chi connectivity index (χ3v) is 6.69. The van der Waals surface area contributed by atoms with Crippen LogP contribution in [0.25, 0.3) is 5.57 Å². The monoisotopic (exact) mass is 442 g/mol. The number of imide groups is 1. The van der Waals surface area contributed by atoms with Crippen molar-refractivity contribution in [3.8, 4) is 0 Å². The number of nitrogens with zero attached hydrogens (tertiary/aromatic N) is 2. The molecule has 0 aliphatic carbocycles. The van der Waals surface area contributed by atoms with Crippen molar-refractivity contribution >= 4 is 40.5 Å². The van der Waals surface area contributed by atoms with Crippen LogP contribution in [0.2, 0.25) is 0 Å². The summed E-state index contributed by atoms with van der Waals surface area (Å²) in [5.74, 6) is 0.0930. The lowest BCUT2D eigenvalue weighted by atomic mass is 9.99. The van der Waals surface area contributed by atoms with Gasteiger partial charge in [-0.15, -0.1) is 11.8 Å². The van der Waals surface area contributed by atoms with Gasteiger partial charge in [-0.2, -0.15) is 0 Å². The molecule has 162 valence electrons. The quantitative estimate of drug-likeness (QED) is 0.467. The van der Waals surface area contributed by atoms with E-state index in [0.717, 1.165) is 27.9 Å². The second-order valence-electron chi connectivity index (χ2n) is 8.15. The number of carbonyl (C=O) groups excluding carboxylic acids is 2. The van der Waals surface area contributed by atoms with Gasteiger partial charge in [0.15, 0.2) is 0 Å². The van der Waals surface area contributed by atoms with E-state index >= 15 is 0 Å². The Morgan fingerprint density at radius 1 is 0.844 bits per heavy atom. The molecule has 0 radical (unpaired) electrons. The van der Waals surface area contributed by atoms with E-state index in [0.29, 0.717) is 21.9 Å². The van der Waals surface area contributed by atoms with Crippen molar-refractivity contribution < 1.29 is 9.59 Å². The Morgan fingerprint density at radius 2 is 1.53 bits per heavy atom. The highest BCUT2D eigenvalue weighted by Gasteiger charge is 2.40. The van der Waals surface area contributed by atoms with Crippen LogP contribution in [0.5, 0.6) is 0 Å². The largest absolute Gasteiger partial charge is 0.378 e. The molecule has 4 nitrogen and oxygen atoms in total. The van der Waals surface area contributed by atoms with Crippen LogP contribution in [0.4, 0.5) is 11.4 Å². The minimum Gasteiger partial charge on any atom is -0.378 e. The maximum absolute atomic E-state index is 13.6. The molecule has 1 heterocycles. The summed E-state index contributed by atoms with van der Waals surface area (Å²) >= 11 is 1.43. The zero-order valence-electron chi connectivity index (χ0n) is 18.8. The summed E-state index contributed by atoms with van der Waals surface area (Å²) < 4.78 is 0. The number of anilines is 2. The highest BCUT2D eigenvalue weighted by molar-refractivity contribution is 8.03. The van der Waals surface area contributed by atoms with Gasteiger partial charge in [0.1, 0.15) is 0 Å². The number of aryl methyl sites for hydroxylation is 2. The Hall–Kier alpha value is -3.31. The van der Waals surface area contributed by atoms with Crippen molar-refractivity contribution in [3.05, 3.63) is 100.0 Å². The van der Waals surface area contributed by atoms with Gasteiger partial charge < -0.3 is 4.90 Å². The first-order valence-corrected chi connectivity index (χ1v) is 11.5. The molecule has 5 heteroatoms. The smallest absolute Gasteiger partial charge is 0.272 e. The molecule has 0 saturated carbocycles. The first kappa shape index (κ1) is 21.9. The number of hydrogen-bond donors (Lipinski definition) is 0. The third kappa shape index (κ3) is 4.21. The van der Waals surface area contributed by atoms with Gasteiger partial charge in [0, 0.05) is 25.5 Å². The fraction of sp³-hybridized carbons (Fsp3) is 0.185. The molecule has 0 atom stereocenters. The van der Waals surface area contributed by atoms with Crippen molar-refractivity contribution in [3.63, 3.8) is 0 Å². The van der Waals surface area contributed by atoms with Crippen LogP contribution in [0.1, 0.15) is 22.3 Å². The molecule has 2 amide bonds. The summed E-state index contributed by atoms with van der Waals surface area (Å²) in [7, 11) is 3.92. The minimum atomic E-state index is -0.268. The molecule has 32 heavy (non-hydrogen) atoms. The lowest BCUT2D eigenvalue weighted by Gasteiger charge is -2.18. The highest BCUT2D eigenvalue weighted by atomic mass is 32.2. The zero-order chi connectivity index (χ0) is 22.8. The van der Waals surface area contributed by atoms with Gasteiger partial charge in [-0.25, -0.2) is 4.90 Å². The normalized spacial score (nSPS) is 13.8. The standard InChI is InChI=1S/C27H26N2O2S/c1-18-10-15-23(19(2)16-18)24-25(32-17-20-8-6-5-7-9-20)27(31)29(26(24)30)22-13-11-21(12-14-22)28(3)4/h5-16H,17H2,1-4H3. The summed E-state index contributed by atoms with van der Waals surface area (Å²) in [6.45, 7) is 4.01. The van der Waals surface area contributed by atoms with Crippen molar-refractivity contribution in [2.24, 2.45) is 0 Å². The van der Waals surface area contributed by atoms with E-state index in [2.05, 4.69) is 0 Å². The predicted molar refractivity (Wildman–Crippen MR) is 134 cm³/mol. The number of carbonyl (C=O) groups is 2. The third-order valence-electron chi connectivity index (χ3n) is 5.54. The molecule has 1 aliphatic rings. The number of amides is 2. The topological polar surface area (TPSA) is 40.6 Å². The second-order valence-corrected chi connectivity index (χ2v) is 9.14. The van der Waals surface area contributed by atoms with Crippen molar-refractivity contribution in [1.29, 1.82) is 0 Å². The van der Waals surface area contributed by atoms with Crippen LogP contribution >= 0.6 is 11.8 Å². The van der Waals surface area contributed by atoms with Crippen molar-refractivity contribution in [2.75, 3.05) is 23.9 Å². The lowest BCUT2D eigenvalue weighted by molar-refractivity contribution is -0.119. The average molecular weight is 443 g/mol. The Balaban J connectivity index is 1.75. The molecule has 0 spiro atoms. The molecule has 3 aromatic carbocycles. The average Bonchev–Trinajstić information content (AvgIpc) is 3.02. The van der Waals surface area contributed by atoms with Crippen LogP contribution in [0, 0.1) is 13.8 Å². The molecular formula is C27H26N2O2S. The first-order valence-electron chi connectivity index (χ1n) is 10.5. The Labute approximate surface area is 193 Å². The summed E-state index contributed by atoms with van der Waals surface area (Å²) in [5, 5.41) is 0. The van der Waals surface area contributed by atoms with Crippen molar-refractivity contribution in [2.45, 2.75) is 19.6 Å². The Bertz CT molecular complexity index is 1200. The van der Waals surface area contributed by atoms with Gasteiger partial charge in [-0.05, 0) is 54.8 Å². The second kappa shape index (κ2) is 9.05. The summed E-state index contributed by atoms with van der Waals surface area (Å²) in [4.78, 5) is 30.9. The van der Waals surface area contributed by atoms with Gasteiger partial charge in [0.05, 0.1) is 16.2 Å². The van der Waals surface area contributed by atoms with Gasteiger partial charge in [-0.1, -0.05) is 54.1 Å². The molecular weight excluding hydrogens is 416 g/mol. The number of benzene rings is 3. The molecule has 0 bridgehead atoms. The van der Waals surface area contributed by atoms with E-state index in [4.69, 9.17) is 0 Å². The lowest BCUT2D eigenvalue weighted by Crippen LogP contribution is -2.31. The van der Waals surface area contributed by atoms with Gasteiger partial charge >= 0.3 is 0 Å². The highest BCUT2D eigenvalue weighted by Crippen LogP contribution is 2.40. The van der Waals surface area contributed by atoms with Gasteiger partial charge in [0.25, 0.3) is 11.8 Å². The van der Waals surface area contributed by atoms with Crippen LogP contribution in [0.3, 0.4) is 0 Å². The Kier molecular flexibility index (Phi) is 6.19. The maximum atomic E-state index is 13.6. The molecule has 4 rings (SSSR count). The van der Waals surface area contributed by atoms with Crippen LogP contribution in [0.15, 0.2) is 77.7 Å². The maximum Gasteiger partial charge on any atom is 0.272 e. The molecule has 3 aromatic rings. The van der Waals surface area contributed by atoms with Crippen molar-refractivity contribution in [1.82, 2.24) is 0 Å². The molecule has 1 aliphatic heterocycles.